The summed E-state index contributed by atoms with van der Waals surface area (Å²) in [5.41, 5.74) is 0. The van der Waals surface area contributed by atoms with E-state index in [4.69, 9.17) is 32.3 Å². The maximum Gasteiger partial charge on any atom is 0.472 e. The molecular formula is C77H130O16P2. The summed E-state index contributed by atoms with van der Waals surface area (Å²) in [6.45, 7) is 2.36. The Kier molecular flexibility index (Phi) is 66.4. The van der Waals surface area contributed by atoms with Crippen LogP contribution in [0.2, 0.25) is 0 Å². The summed E-state index contributed by atoms with van der Waals surface area (Å²) in [6.07, 6.45) is 82.3. The quantitative estimate of drug-likeness (QED) is 0.0146. The summed E-state index contributed by atoms with van der Waals surface area (Å²) < 4.78 is 60.9. The zero-order valence-electron chi connectivity index (χ0n) is 59.0. The first kappa shape index (κ1) is 90.7. The standard InChI is InChI=1S/C77H130O16P2/c1-4-7-10-13-16-19-22-24-26-28-30-32-33-34-35-36-37-39-41-42-44-46-49-51-54-57-60-63-75(80)87-66-72(78)67-89-94(83,84)90-68-73(79)69-91-95(85,86)92-71-74(93-77(82)65-62-59-56-53-48-21-18-15-12-9-6-3)70-88-76(81)64-61-58-55-52-50-47-45-43-40-38-31-29-27-25-23-20-17-14-11-8-5-2/h7-8,10-11,15-20,24-27,30-32,34-35,38,43,45,72-74,78-79H,4-6,9,12-14,21-23,28-29,33,36-37,39-42,44,46-71H2,1-3H3,(H,83,84)(H,85,86)/b10-7-,11-8-,18-15-,19-16-,20-17-,26-24-,27-25-,32-30-,35-34-,38-31-,45-43-. The lowest BCUT2D eigenvalue weighted by atomic mass is 10.0. The zero-order chi connectivity index (χ0) is 69.5. The SMILES string of the molecule is CC/C=C\C/C=C\C/C=C\C/C=C\C/C=C\CCCCCCCCCCCCCC(=O)OCC(O)COP(=O)(O)OCC(O)COP(=O)(O)OCC(COC(=O)CCCCCCC/C=C\C/C=C\C/C=C\C/C=C\C/C=C\CC)OC(=O)CCCCCCC/C=C\CCCC. The molecule has 0 aromatic rings. The maximum atomic E-state index is 12.9. The number of ether oxygens (including phenoxy) is 3. The van der Waals surface area contributed by atoms with Crippen molar-refractivity contribution in [1.82, 2.24) is 0 Å². The van der Waals surface area contributed by atoms with Crippen LogP contribution in [0, 0.1) is 0 Å². The van der Waals surface area contributed by atoms with Crippen molar-refractivity contribution in [2.45, 2.75) is 296 Å². The molecule has 5 unspecified atom stereocenters. The molecular weight excluding hydrogens is 1240 g/mol. The third-order valence-electron chi connectivity index (χ3n) is 14.8. The first-order valence-corrected chi connectivity index (χ1v) is 39.5. The van der Waals surface area contributed by atoms with Gasteiger partial charge in [-0.2, -0.15) is 0 Å². The Hall–Kier alpha value is -4.31. The molecule has 0 spiro atoms. The highest BCUT2D eigenvalue weighted by Crippen LogP contribution is 2.45. The van der Waals surface area contributed by atoms with E-state index < -0.39 is 91.5 Å². The predicted octanol–water partition coefficient (Wildman–Crippen LogP) is 20.8. The van der Waals surface area contributed by atoms with Gasteiger partial charge >= 0.3 is 33.6 Å². The van der Waals surface area contributed by atoms with Gasteiger partial charge in [-0.3, -0.25) is 32.5 Å². The number of carbonyl (C=O) groups excluding carboxylic acids is 3. The second-order valence-corrected chi connectivity index (χ2v) is 26.9. The van der Waals surface area contributed by atoms with Crippen LogP contribution in [0.3, 0.4) is 0 Å². The van der Waals surface area contributed by atoms with Crippen LogP contribution in [0.15, 0.2) is 134 Å². The molecule has 0 aromatic heterocycles. The van der Waals surface area contributed by atoms with Gasteiger partial charge in [-0.25, -0.2) is 9.13 Å². The Labute approximate surface area is 575 Å². The molecule has 0 aromatic carbocycles. The summed E-state index contributed by atoms with van der Waals surface area (Å²) in [5, 5.41) is 20.6. The van der Waals surface area contributed by atoms with E-state index in [0.29, 0.717) is 19.3 Å². The molecule has 16 nitrogen and oxygen atoms in total. The minimum absolute atomic E-state index is 0.0865. The van der Waals surface area contributed by atoms with Gasteiger partial charge in [-0.05, 0) is 128 Å². The average molecular weight is 1370 g/mol. The molecule has 0 saturated heterocycles. The lowest BCUT2D eigenvalue weighted by Crippen LogP contribution is -2.30. The molecule has 0 aliphatic rings. The number of carbonyl (C=O) groups is 3. The molecule has 0 aliphatic heterocycles. The highest BCUT2D eigenvalue weighted by Gasteiger charge is 2.29. The summed E-state index contributed by atoms with van der Waals surface area (Å²) >= 11 is 0. The van der Waals surface area contributed by atoms with Crippen LogP contribution >= 0.6 is 15.6 Å². The molecule has 0 fully saturated rings. The first-order valence-electron chi connectivity index (χ1n) is 36.5. The zero-order valence-corrected chi connectivity index (χ0v) is 60.8. The number of hydrogen-bond donors (Lipinski definition) is 4. The number of rotatable bonds is 68. The second-order valence-electron chi connectivity index (χ2n) is 24.0. The van der Waals surface area contributed by atoms with Gasteiger partial charge in [0.1, 0.15) is 25.4 Å². The molecule has 4 N–H and O–H groups in total. The van der Waals surface area contributed by atoms with Crippen LogP contribution in [0.5, 0.6) is 0 Å². The van der Waals surface area contributed by atoms with Gasteiger partial charge in [-0.15, -0.1) is 0 Å². The third-order valence-corrected chi connectivity index (χ3v) is 16.7. The van der Waals surface area contributed by atoms with Gasteiger partial charge in [-0.1, -0.05) is 264 Å². The third kappa shape index (κ3) is 70.8. The smallest absolute Gasteiger partial charge is 0.463 e. The van der Waals surface area contributed by atoms with Crippen LogP contribution in [0.25, 0.3) is 0 Å². The van der Waals surface area contributed by atoms with Gasteiger partial charge in [0, 0.05) is 19.3 Å². The van der Waals surface area contributed by atoms with E-state index in [1.807, 2.05) is 0 Å². The van der Waals surface area contributed by atoms with Crippen molar-refractivity contribution in [3.8, 4) is 0 Å². The Balaban J connectivity index is 4.51. The monoisotopic (exact) mass is 1370 g/mol. The molecule has 0 radical (unpaired) electrons. The van der Waals surface area contributed by atoms with E-state index in [-0.39, 0.29) is 19.3 Å². The molecule has 18 heteroatoms. The highest BCUT2D eigenvalue weighted by molar-refractivity contribution is 7.47. The van der Waals surface area contributed by atoms with Crippen LogP contribution in [-0.2, 0) is 55.8 Å². The van der Waals surface area contributed by atoms with Gasteiger partial charge in [0.15, 0.2) is 6.10 Å². The van der Waals surface area contributed by atoms with Crippen molar-refractivity contribution in [3.05, 3.63) is 134 Å². The average Bonchev–Trinajstić information content (AvgIpc) is 3.10. The molecule has 0 aliphatic carbocycles. The maximum absolute atomic E-state index is 12.9. The van der Waals surface area contributed by atoms with E-state index in [1.165, 1.54) is 57.8 Å². The predicted molar refractivity (Wildman–Crippen MR) is 390 cm³/mol. The lowest BCUT2D eigenvalue weighted by molar-refractivity contribution is -0.161. The van der Waals surface area contributed by atoms with Crippen molar-refractivity contribution >= 4 is 33.6 Å². The van der Waals surface area contributed by atoms with Crippen molar-refractivity contribution in [2.75, 3.05) is 39.6 Å². The number of aliphatic hydroxyl groups is 2. The van der Waals surface area contributed by atoms with Crippen molar-refractivity contribution in [1.29, 1.82) is 0 Å². The van der Waals surface area contributed by atoms with Crippen molar-refractivity contribution in [3.63, 3.8) is 0 Å². The fourth-order valence-electron chi connectivity index (χ4n) is 9.31. The summed E-state index contributed by atoms with van der Waals surface area (Å²) in [4.78, 5) is 58.4. The van der Waals surface area contributed by atoms with E-state index in [1.54, 1.807) is 0 Å². The second kappa shape index (κ2) is 69.6. The van der Waals surface area contributed by atoms with Crippen LogP contribution in [-0.4, -0.2) is 95.9 Å². The number of allylic oxidation sites excluding steroid dienone is 22. The normalized spacial score (nSPS) is 14.9. The molecule has 95 heavy (non-hydrogen) atoms. The van der Waals surface area contributed by atoms with Gasteiger partial charge in [0.05, 0.1) is 26.4 Å². The van der Waals surface area contributed by atoms with Gasteiger partial charge < -0.3 is 34.2 Å². The molecule has 0 amide bonds. The minimum Gasteiger partial charge on any atom is -0.463 e. The van der Waals surface area contributed by atoms with E-state index >= 15 is 0 Å². The molecule has 544 valence electrons. The Morgan fingerprint density at radius 1 is 0.305 bits per heavy atom. The lowest BCUT2D eigenvalue weighted by Gasteiger charge is -2.21. The highest BCUT2D eigenvalue weighted by atomic mass is 31.2. The number of esters is 3. The molecule has 0 bridgehead atoms. The fraction of sp³-hybridized carbons (Fsp3) is 0.675. The summed E-state index contributed by atoms with van der Waals surface area (Å²) in [6, 6.07) is 0. The topological polar surface area (TPSA) is 231 Å². The van der Waals surface area contributed by atoms with Gasteiger partial charge in [0.25, 0.3) is 0 Å². The van der Waals surface area contributed by atoms with Crippen molar-refractivity contribution < 1.29 is 75.8 Å². The Morgan fingerprint density at radius 2 is 0.558 bits per heavy atom. The Morgan fingerprint density at radius 3 is 0.895 bits per heavy atom. The number of phosphoric acid groups is 2. The van der Waals surface area contributed by atoms with Gasteiger partial charge in [0.2, 0.25) is 0 Å². The van der Waals surface area contributed by atoms with Crippen LogP contribution in [0.1, 0.15) is 278 Å². The largest absolute Gasteiger partial charge is 0.472 e. The number of phosphoric ester groups is 2. The number of unbranched alkanes of at least 4 members (excludes halogenated alkanes) is 23. The van der Waals surface area contributed by atoms with Crippen molar-refractivity contribution in [2.24, 2.45) is 0 Å². The van der Waals surface area contributed by atoms with Crippen LogP contribution < -0.4 is 0 Å². The van der Waals surface area contributed by atoms with E-state index in [0.717, 1.165) is 161 Å². The van der Waals surface area contributed by atoms with Crippen LogP contribution in [0.4, 0.5) is 0 Å². The summed E-state index contributed by atoms with van der Waals surface area (Å²) in [5.74, 6) is -1.61. The first-order chi connectivity index (χ1) is 46.2. The summed E-state index contributed by atoms with van der Waals surface area (Å²) in [7, 11) is -9.79. The minimum atomic E-state index is -4.93. The number of aliphatic hydroxyl groups excluding tert-OH is 2. The molecule has 0 rings (SSSR count). The molecule has 0 saturated carbocycles. The fourth-order valence-corrected chi connectivity index (χ4v) is 10.9. The Bertz CT molecular complexity index is 2260. The van der Waals surface area contributed by atoms with E-state index in [2.05, 4.69) is 154 Å². The molecule has 5 atom stereocenters. The van der Waals surface area contributed by atoms with E-state index in [9.17, 15) is 43.5 Å². The molecule has 0 heterocycles. The number of hydrogen-bond acceptors (Lipinski definition) is 14.